The minimum Gasteiger partial charge on any atom is -0.450 e. The van der Waals surface area contributed by atoms with Crippen molar-refractivity contribution in [2.45, 2.75) is 89.0 Å². The Balaban J connectivity index is 1.68. The first-order chi connectivity index (χ1) is 16.0. The fourth-order valence-electron chi connectivity index (χ4n) is 6.08. The number of nitrogens with one attached hydrogen (secondary N) is 1. The molecule has 0 saturated carbocycles. The summed E-state index contributed by atoms with van der Waals surface area (Å²) in [6, 6.07) is 10.2. The van der Waals surface area contributed by atoms with Crippen LogP contribution in [-0.2, 0) is 19.1 Å². The van der Waals surface area contributed by atoms with Crippen molar-refractivity contribution in [2.24, 2.45) is 5.92 Å². The highest BCUT2D eigenvalue weighted by Crippen LogP contribution is 2.58. The average Bonchev–Trinajstić information content (AvgIpc) is 2.83. The Kier molecular flexibility index (Phi) is 7.42. The largest absolute Gasteiger partial charge is 0.450 e. The molecule has 1 spiro atoms. The van der Waals surface area contributed by atoms with Gasteiger partial charge in [-0.05, 0) is 44.5 Å². The van der Waals surface area contributed by atoms with Crippen LogP contribution in [0.5, 0.6) is 0 Å². The van der Waals surface area contributed by atoms with Crippen LogP contribution >= 0.6 is 0 Å². The van der Waals surface area contributed by atoms with Crippen LogP contribution in [0.15, 0.2) is 42.5 Å². The van der Waals surface area contributed by atoms with E-state index in [9.17, 15) is 9.59 Å². The Labute approximate surface area is 197 Å². The number of carbonyl (C=O) groups excluding carboxylic acids is 2. The summed E-state index contributed by atoms with van der Waals surface area (Å²) in [7, 11) is 0. The first kappa shape index (κ1) is 23.8. The molecule has 33 heavy (non-hydrogen) atoms. The van der Waals surface area contributed by atoms with Crippen molar-refractivity contribution in [3.05, 3.63) is 42.5 Å². The predicted molar refractivity (Wildman–Crippen MR) is 129 cm³/mol. The zero-order chi connectivity index (χ0) is 23.3. The maximum absolute atomic E-state index is 12.8. The van der Waals surface area contributed by atoms with Gasteiger partial charge in [0, 0.05) is 23.8 Å². The number of para-hydroxylation sites is 1. The standard InChI is InChI=1S/C27H38N2O4/c1-3-4-5-6-7-9-12-21(2)27-25(32-23(30)15-16-24(31)33-27)26(17-19-28-20-18-26)29(27)22-13-10-8-11-14-22/h8,10-11,13-16,21,25,28H,3-7,9,12,17-20H2,1-2H3/b16-15+. The van der Waals surface area contributed by atoms with Gasteiger partial charge in [0.2, 0.25) is 5.72 Å². The Morgan fingerprint density at radius 2 is 1.67 bits per heavy atom. The van der Waals surface area contributed by atoms with Gasteiger partial charge in [0.15, 0.2) is 6.10 Å². The van der Waals surface area contributed by atoms with Crippen LogP contribution in [0.4, 0.5) is 5.69 Å². The van der Waals surface area contributed by atoms with Crippen LogP contribution in [0, 0.1) is 5.92 Å². The number of rotatable bonds is 9. The van der Waals surface area contributed by atoms with Gasteiger partial charge in [-0.25, -0.2) is 9.59 Å². The molecule has 4 rings (SSSR count). The molecule has 3 atom stereocenters. The van der Waals surface area contributed by atoms with Gasteiger partial charge in [0.1, 0.15) is 0 Å². The second kappa shape index (κ2) is 10.3. The first-order valence-corrected chi connectivity index (χ1v) is 12.7. The second-order valence-electron chi connectivity index (χ2n) is 9.81. The normalized spacial score (nSPS) is 28.1. The number of hydrogen-bond acceptors (Lipinski definition) is 6. The van der Waals surface area contributed by atoms with E-state index >= 15 is 0 Å². The molecule has 2 saturated heterocycles. The van der Waals surface area contributed by atoms with Crippen molar-refractivity contribution in [1.29, 1.82) is 0 Å². The number of hydrogen-bond donors (Lipinski definition) is 1. The number of piperidine rings is 1. The molecular formula is C27H38N2O4. The lowest BCUT2D eigenvalue weighted by molar-refractivity contribution is -0.251. The molecular weight excluding hydrogens is 416 g/mol. The van der Waals surface area contributed by atoms with E-state index in [-0.39, 0.29) is 11.5 Å². The van der Waals surface area contributed by atoms with Gasteiger partial charge in [-0.3, -0.25) is 0 Å². The average molecular weight is 455 g/mol. The van der Waals surface area contributed by atoms with Crippen molar-refractivity contribution in [2.75, 3.05) is 18.0 Å². The molecule has 0 radical (unpaired) electrons. The van der Waals surface area contributed by atoms with Crippen molar-refractivity contribution < 1.29 is 19.1 Å². The summed E-state index contributed by atoms with van der Waals surface area (Å²) in [6.45, 7) is 6.05. The summed E-state index contributed by atoms with van der Waals surface area (Å²) in [5.74, 6) is -0.924. The van der Waals surface area contributed by atoms with E-state index < -0.39 is 23.8 Å². The quantitative estimate of drug-likeness (QED) is 0.430. The molecule has 1 aromatic carbocycles. The Bertz CT molecular complexity index is 849. The SMILES string of the molecule is CCCCCCCCC(C)C12OC(=O)/C=C/C(=O)OC1C1(CCNCC1)N2c1ccccc1. The minimum absolute atomic E-state index is 0.0117. The number of esters is 2. The number of carbonyl (C=O) groups is 2. The minimum atomic E-state index is -1.00. The van der Waals surface area contributed by atoms with Crippen molar-refractivity contribution >= 4 is 17.6 Å². The van der Waals surface area contributed by atoms with Gasteiger partial charge < -0.3 is 19.7 Å². The van der Waals surface area contributed by atoms with Crippen LogP contribution in [0.2, 0.25) is 0 Å². The Morgan fingerprint density at radius 3 is 2.39 bits per heavy atom. The van der Waals surface area contributed by atoms with E-state index in [1.54, 1.807) is 0 Å². The topological polar surface area (TPSA) is 67.9 Å². The fraction of sp³-hybridized carbons (Fsp3) is 0.630. The van der Waals surface area contributed by atoms with Gasteiger partial charge in [-0.2, -0.15) is 0 Å². The van der Waals surface area contributed by atoms with Gasteiger partial charge in [0.25, 0.3) is 0 Å². The smallest absolute Gasteiger partial charge is 0.333 e. The molecule has 0 bridgehead atoms. The molecule has 1 aromatic rings. The number of nitrogens with zero attached hydrogens (tertiary/aromatic N) is 1. The van der Waals surface area contributed by atoms with Crippen LogP contribution in [0.25, 0.3) is 0 Å². The van der Waals surface area contributed by atoms with Crippen LogP contribution in [0.1, 0.15) is 71.6 Å². The summed E-state index contributed by atoms with van der Waals surface area (Å²) in [5.41, 5.74) is -0.373. The molecule has 6 heteroatoms. The summed E-state index contributed by atoms with van der Waals surface area (Å²) >= 11 is 0. The summed E-state index contributed by atoms with van der Waals surface area (Å²) in [4.78, 5) is 27.7. The molecule has 3 heterocycles. The van der Waals surface area contributed by atoms with Gasteiger partial charge >= 0.3 is 11.9 Å². The second-order valence-corrected chi connectivity index (χ2v) is 9.81. The highest BCUT2D eigenvalue weighted by molar-refractivity contribution is 5.93. The molecule has 0 aromatic heterocycles. The molecule has 3 aliphatic rings. The molecule has 3 aliphatic heterocycles. The van der Waals surface area contributed by atoms with E-state index in [1.807, 2.05) is 18.2 Å². The molecule has 3 unspecified atom stereocenters. The number of anilines is 1. The zero-order valence-electron chi connectivity index (χ0n) is 20.1. The summed E-state index contributed by atoms with van der Waals surface area (Å²) in [5, 5.41) is 3.44. The first-order valence-electron chi connectivity index (χ1n) is 12.7. The van der Waals surface area contributed by atoms with Crippen molar-refractivity contribution in [3.8, 4) is 0 Å². The number of fused-ring (bicyclic) bond motifs is 2. The molecule has 6 nitrogen and oxygen atoms in total. The van der Waals surface area contributed by atoms with E-state index in [2.05, 4.69) is 36.2 Å². The van der Waals surface area contributed by atoms with Crippen LogP contribution in [-0.4, -0.2) is 42.4 Å². The third-order valence-electron chi connectivity index (χ3n) is 7.69. The lowest BCUT2D eigenvalue weighted by Crippen LogP contribution is -2.89. The van der Waals surface area contributed by atoms with Crippen molar-refractivity contribution in [3.63, 3.8) is 0 Å². The molecule has 0 amide bonds. The van der Waals surface area contributed by atoms with Gasteiger partial charge in [0.05, 0.1) is 5.54 Å². The third-order valence-corrected chi connectivity index (χ3v) is 7.69. The highest BCUT2D eigenvalue weighted by Gasteiger charge is 2.75. The van der Waals surface area contributed by atoms with Gasteiger partial charge in [-0.15, -0.1) is 0 Å². The van der Waals surface area contributed by atoms with Gasteiger partial charge in [-0.1, -0.05) is 70.6 Å². The lowest BCUT2D eigenvalue weighted by Gasteiger charge is -2.71. The van der Waals surface area contributed by atoms with E-state index in [4.69, 9.17) is 9.47 Å². The van der Waals surface area contributed by atoms with E-state index in [1.165, 1.54) is 44.3 Å². The molecule has 180 valence electrons. The Morgan fingerprint density at radius 1 is 1.00 bits per heavy atom. The van der Waals surface area contributed by atoms with E-state index in [0.717, 1.165) is 44.5 Å². The monoisotopic (exact) mass is 454 g/mol. The van der Waals surface area contributed by atoms with Crippen molar-refractivity contribution in [1.82, 2.24) is 5.32 Å². The molecule has 2 fully saturated rings. The molecule has 0 aliphatic carbocycles. The number of benzene rings is 1. The Hall–Kier alpha value is -2.34. The van der Waals surface area contributed by atoms with Crippen LogP contribution < -0.4 is 10.2 Å². The predicted octanol–water partition coefficient (Wildman–Crippen LogP) is 4.74. The maximum atomic E-state index is 12.8. The summed E-state index contributed by atoms with van der Waals surface area (Å²) in [6.07, 6.45) is 11.7. The van der Waals surface area contributed by atoms with Crippen LogP contribution in [0.3, 0.4) is 0 Å². The number of unbranched alkanes of at least 4 members (excludes halogenated alkanes) is 5. The highest BCUT2D eigenvalue weighted by atomic mass is 16.6. The summed E-state index contributed by atoms with van der Waals surface area (Å²) < 4.78 is 12.4. The maximum Gasteiger partial charge on any atom is 0.333 e. The lowest BCUT2D eigenvalue weighted by atomic mass is 9.62. The number of ether oxygens (including phenoxy) is 2. The molecule has 1 N–H and O–H groups in total. The fourth-order valence-corrected chi connectivity index (χ4v) is 6.08. The third kappa shape index (κ3) is 4.42. The van der Waals surface area contributed by atoms with E-state index in [0.29, 0.717) is 0 Å². The zero-order valence-corrected chi connectivity index (χ0v) is 20.1.